The summed E-state index contributed by atoms with van der Waals surface area (Å²) in [4.78, 5) is 14.0. The van der Waals surface area contributed by atoms with Gasteiger partial charge in [0.15, 0.2) is 0 Å². The first kappa shape index (κ1) is 16.6. The van der Waals surface area contributed by atoms with Gasteiger partial charge in [-0.25, -0.2) is 4.79 Å². The van der Waals surface area contributed by atoms with Crippen LogP contribution in [0.25, 0.3) is 0 Å². The molecule has 0 aromatic carbocycles. The number of nitrogens with one attached hydrogen (secondary N) is 1. The van der Waals surface area contributed by atoms with Crippen molar-refractivity contribution in [1.82, 2.24) is 10.2 Å². The smallest absolute Gasteiger partial charge is 0.317 e. The predicted molar refractivity (Wildman–Crippen MR) is 85.2 cm³/mol. The highest BCUT2D eigenvalue weighted by atomic mass is 16.3. The first-order valence-corrected chi connectivity index (χ1v) is 8.87. The molecule has 2 atom stereocenters. The Bertz CT molecular complexity index is 314. The van der Waals surface area contributed by atoms with Gasteiger partial charge in [-0.15, -0.1) is 0 Å². The van der Waals surface area contributed by atoms with Gasteiger partial charge in [-0.05, 0) is 32.1 Å². The molecule has 0 aromatic rings. The van der Waals surface area contributed by atoms with Crippen LogP contribution >= 0.6 is 0 Å². The van der Waals surface area contributed by atoms with Gasteiger partial charge in [-0.1, -0.05) is 38.5 Å². The van der Waals surface area contributed by atoms with Crippen LogP contribution in [0.5, 0.6) is 0 Å². The highest BCUT2D eigenvalue weighted by Crippen LogP contribution is 2.28. The number of amides is 2. The summed E-state index contributed by atoms with van der Waals surface area (Å²) in [6, 6.07) is 0.0567. The molecule has 4 heteroatoms. The van der Waals surface area contributed by atoms with E-state index < -0.39 is 0 Å². The van der Waals surface area contributed by atoms with Crippen LogP contribution in [0.4, 0.5) is 4.79 Å². The third-order valence-corrected chi connectivity index (χ3v) is 5.22. The van der Waals surface area contributed by atoms with Crippen molar-refractivity contribution in [1.29, 1.82) is 0 Å². The summed E-state index contributed by atoms with van der Waals surface area (Å²) in [5, 5.41) is 12.7. The number of piperidine rings is 1. The Balaban J connectivity index is 1.56. The lowest BCUT2D eigenvalue weighted by molar-refractivity contribution is 0.0739. The van der Waals surface area contributed by atoms with Crippen molar-refractivity contribution in [2.24, 2.45) is 11.8 Å². The molecule has 4 nitrogen and oxygen atoms in total. The Hall–Kier alpha value is -0.770. The fraction of sp³-hybridized carbons (Fsp3) is 0.941. The second-order valence-corrected chi connectivity index (χ2v) is 6.97. The van der Waals surface area contributed by atoms with Crippen LogP contribution in [-0.4, -0.2) is 41.8 Å². The van der Waals surface area contributed by atoms with Crippen LogP contribution in [0.3, 0.4) is 0 Å². The van der Waals surface area contributed by atoms with Crippen LogP contribution in [0, 0.1) is 11.8 Å². The molecule has 1 saturated carbocycles. The molecule has 0 aromatic heterocycles. The summed E-state index contributed by atoms with van der Waals surface area (Å²) < 4.78 is 0. The molecule has 2 N–H and O–H groups in total. The normalized spacial score (nSPS) is 25.0. The molecule has 1 saturated heterocycles. The van der Waals surface area contributed by atoms with Gasteiger partial charge in [0, 0.05) is 25.6 Å². The molecule has 2 aliphatic rings. The first-order valence-electron chi connectivity index (χ1n) is 8.87. The number of aliphatic hydroxyl groups excluding tert-OH is 1. The van der Waals surface area contributed by atoms with Crippen LogP contribution in [0.1, 0.15) is 64.7 Å². The Kier molecular flexibility index (Phi) is 6.81. The SMILES string of the molecule is CC(O)C1CCCN(C(=O)NCCCCC2CCCC2)C1. The lowest BCUT2D eigenvalue weighted by Gasteiger charge is -2.34. The lowest BCUT2D eigenvalue weighted by atomic mass is 9.94. The summed E-state index contributed by atoms with van der Waals surface area (Å²) in [6.07, 6.45) is 11.1. The Morgan fingerprint density at radius 2 is 2.00 bits per heavy atom. The van der Waals surface area contributed by atoms with Gasteiger partial charge in [0.2, 0.25) is 0 Å². The zero-order chi connectivity index (χ0) is 15.1. The third-order valence-electron chi connectivity index (χ3n) is 5.22. The number of rotatable bonds is 6. The molecule has 0 radical (unpaired) electrons. The van der Waals surface area contributed by atoms with Gasteiger partial charge in [0.25, 0.3) is 0 Å². The summed E-state index contributed by atoms with van der Waals surface area (Å²) >= 11 is 0. The number of nitrogens with zero attached hydrogens (tertiary/aromatic N) is 1. The van der Waals surface area contributed by atoms with E-state index in [0.717, 1.165) is 38.3 Å². The van der Waals surface area contributed by atoms with Crippen LogP contribution in [0.15, 0.2) is 0 Å². The van der Waals surface area contributed by atoms with E-state index in [1.54, 1.807) is 0 Å². The number of carbonyl (C=O) groups is 1. The quantitative estimate of drug-likeness (QED) is 0.740. The van der Waals surface area contributed by atoms with Crippen LogP contribution < -0.4 is 5.32 Å². The van der Waals surface area contributed by atoms with Crippen molar-refractivity contribution in [2.45, 2.75) is 70.8 Å². The Labute approximate surface area is 129 Å². The second kappa shape index (κ2) is 8.62. The molecule has 2 amide bonds. The topological polar surface area (TPSA) is 52.6 Å². The average Bonchev–Trinajstić information content (AvgIpc) is 3.00. The maximum Gasteiger partial charge on any atom is 0.317 e. The molecule has 122 valence electrons. The number of carbonyl (C=O) groups excluding carboxylic acids is 1. The number of aliphatic hydroxyl groups is 1. The first-order chi connectivity index (χ1) is 10.2. The predicted octanol–water partition coefficient (Wildman–Crippen LogP) is 3.15. The van der Waals surface area contributed by atoms with Crippen LogP contribution in [-0.2, 0) is 0 Å². The standard InChI is InChI=1S/C17H32N2O2/c1-14(20)16-10-6-12-19(13-16)17(21)18-11-5-4-9-15-7-2-3-8-15/h14-16,20H,2-13H2,1H3,(H,18,21). The van der Waals surface area contributed by atoms with Gasteiger partial charge < -0.3 is 15.3 Å². The molecule has 1 heterocycles. The zero-order valence-electron chi connectivity index (χ0n) is 13.5. The monoisotopic (exact) mass is 296 g/mol. The van der Waals surface area contributed by atoms with E-state index >= 15 is 0 Å². The van der Waals surface area contributed by atoms with Gasteiger partial charge >= 0.3 is 6.03 Å². The van der Waals surface area contributed by atoms with E-state index in [1.807, 2.05) is 11.8 Å². The summed E-state index contributed by atoms with van der Waals surface area (Å²) in [5.41, 5.74) is 0. The van der Waals surface area contributed by atoms with E-state index in [9.17, 15) is 9.90 Å². The largest absolute Gasteiger partial charge is 0.393 e. The molecule has 2 unspecified atom stereocenters. The molecule has 1 aliphatic heterocycles. The maximum atomic E-state index is 12.1. The molecule has 2 fully saturated rings. The summed E-state index contributed by atoms with van der Waals surface area (Å²) in [7, 11) is 0. The van der Waals surface area contributed by atoms with Crippen molar-refractivity contribution in [3.05, 3.63) is 0 Å². The minimum atomic E-state index is -0.313. The summed E-state index contributed by atoms with van der Waals surface area (Å²) in [6.45, 7) is 4.15. The fourth-order valence-electron chi connectivity index (χ4n) is 3.75. The molecule has 0 bridgehead atoms. The van der Waals surface area contributed by atoms with E-state index in [1.165, 1.54) is 38.5 Å². The van der Waals surface area contributed by atoms with Crippen molar-refractivity contribution in [3.63, 3.8) is 0 Å². The molecule has 0 spiro atoms. The molecular formula is C17H32N2O2. The number of hydrogen-bond donors (Lipinski definition) is 2. The summed E-state index contributed by atoms with van der Waals surface area (Å²) in [5.74, 6) is 1.20. The van der Waals surface area contributed by atoms with E-state index in [-0.39, 0.29) is 18.1 Å². The molecule has 21 heavy (non-hydrogen) atoms. The van der Waals surface area contributed by atoms with E-state index in [2.05, 4.69) is 5.32 Å². The van der Waals surface area contributed by atoms with Gasteiger partial charge in [0.05, 0.1) is 6.10 Å². The highest BCUT2D eigenvalue weighted by Gasteiger charge is 2.26. The zero-order valence-corrected chi connectivity index (χ0v) is 13.5. The Morgan fingerprint density at radius 1 is 1.24 bits per heavy atom. The Morgan fingerprint density at radius 3 is 2.71 bits per heavy atom. The second-order valence-electron chi connectivity index (χ2n) is 6.97. The van der Waals surface area contributed by atoms with E-state index in [4.69, 9.17) is 0 Å². The molecule has 1 aliphatic carbocycles. The fourth-order valence-corrected chi connectivity index (χ4v) is 3.75. The van der Waals surface area contributed by atoms with Crippen molar-refractivity contribution in [2.75, 3.05) is 19.6 Å². The third kappa shape index (κ3) is 5.50. The average molecular weight is 296 g/mol. The van der Waals surface area contributed by atoms with Gasteiger partial charge in [-0.2, -0.15) is 0 Å². The van der Waals surface area contributed by atoms with Crippen molar-refractivity contribution >= 4 is 6.03 Å². The minimum absolute atomic E-state index is 0.0567. The van der Waals surface area contributed by atoms with Gasteiger partial charge in [0.1, 0.15) is 0 Å². The molecular weight excluding hydrogens is 264 g/mol. The minimum Gasteiger partial charge on any atom is -0.393 e. The number of hydrogen-bond acceptors (Lipinski definition) is 2. The number of urea groups is 1. The van der Waals surface area contributed by atoms with Crippen LogP contribution in [0.2, 0.25) is 0 Å². The maximum absolute atomic E-state index is 12.1. The van der Waals surface area contributed by atoms with Gasteiger partial charge in [-0.3, -0.25) is 0 Å². The molecule has 2 rings (SSSR count). The lowest BCUT2D eigenvalue weighted by Crippen LogP contribution is -2.47. The van der Waals surface area contributed by atoms with Crippen molar-refractivity contribution < 1.29 is 9.90 Å². The van der Waals surface area contributed by atoms with Crippen molar-refractivity contribution in [3.8, 4) is 0 Å². The highest BCUT2D eigenvalue weighted by molar-refractivity contribution is 5.74. The van der Waals surface area contributed by atoms with E-state index in [0.29, 0.717) is 6.54 Å². The number of likely N-dealkylation sites (tertiary alicyclic amines) is 1. The number of unbranched alkanes of at least 4 members (excludes halogenated alkanes) is 1.